The largest absolute Gasteiger partial charge is 0.469 e. The van der Waals surface area contributed by atoms with Gasteiger partial charge in [-0.15, -0.1) is 0 Å². The Labute approximate surface area is 118 Å². The fraction of sp³-hybridized carbons (Fsp3) is 0.467. The number of methoxy groups -OCH3 is 1. The first-order valence-electron chi connectivity index (χ1n) is 6.84. The lowest BCUT2D eigenvalue weighted by atomic mass is 10.1. The highest BCUT2D eigenvalue weighted by Gasteiger charge is 2.31. The number of hydrogen-bond acceptors (Lipinski definition) is 4. The van der Waals surface area contributed by atoms with Crippen LogP contribution in [0, 0.1) is 0 Å². The van der Waals surface area contributed by atoms with Crippen molar-refractivity contribution in [3.05, 3.63) is 35.4 Å². The zero-order valence-corrected chi connectivity index (χ0v) is 11.9. The van der Waals surface area contributed by atoms with Crippen molar-refractivity contribution in [1.82, 2.24) is 10.2 Å². The maximum atomic E-state index is 11.9. The fourth-order valence-corrected chi connectivity index (χ4v) is 2.34. The third-order valence-corrected chi connectivity index (χ3v) is 3.57. The van der Waals surface area contributed by atoms with Gasteiger partial charge in [0.2, 0.25) is 5.91 Å². The van der Waals surface area contributed by atoms with Gasteiger partial charge in [0.25, 0.3) is 0 Å². The van der Waals surface area contributed by atoms with Gasteiger partial charge in [0.05, 0.1) is 20.1 Å². The Balaban J connectivity index is 2.08. The number of esters is 1. The SMILES string of the molecule is CCc1ccc(C2NCC(=O)N2CCC(=O)OC)cc1. The highest BCUT2D eigenvalue weighted by Crippen LogP contribution is 2.23. The van der Waals surface area contributed by atoms with Crippen LogP contribution in [0.5, 0.6) is 0 Å². The van der Waals surface area contributed by atoms with E-state index in [0.29, 0.717) is 13.1 Å². The maximum Gasteiger partial charge on any atom is 0.307 e. The van der Waals surface area contributed by atoms with E-state index in [-0.39, 0.29) is 24.5 Å². The molecule has 1 amide bonds. The smallest absolute Gasteiger partial charge is 0.307 e. The zero-order chi connectivity index (χ0) is 14.5. The van der Waals surface area contributed by atoms with Crippen LogP contribution >= 0.6 is 0 Å². The van der Waals surface area contributed by atoms with Gasteiger partial charge in [-0.1, -0.05) is 31.2 Å². The molecule has 1 N–H and O–H groups in total. The molecule has 5 heteroatoms. The molecular formula is C15H20N2O3. The quantitative estimate of drug-likeness (QED) is 0.822. The molecule has 2 rings (SSSR count). The Hall–Kier alpha value is -1.88. The molecule has 20 heavy (non-hydrogen) atoms. The molecule has 0 aromatic heterocycles. The average molecular weight is 276 g/mol. The number of carbonyl (C=O) groups excluding carboxylic acids is 2. The Kier molecular flexibility index (Phi) is 4.74. The average Bonchev–Trinajstić information content (AvgIpc) is 2.86. The summed E-state index contributed by atoms with van der Waals surface area (Å²) in [5, 5.41) is 3.18. The predicted molar refractivity (Wildman–Crippen MR) is 74.9 cm³/mol. The first-order valence-corrected chi connectivity index (χ1v) is 6.84. The topological polar surface area (TPSA) is 58.6 Å². The summed E-state index contributed by atoms with van der Waals surface area (Å²) in [5.74, 6) is -0.289. The van der Waals surface area contributed by atoms with Crippen LogP contribution in [-0.2, 0) is 20.7 Å². The molecule has 0 radical (unpaired) electrons. The van der Waals surface area contributed by atoms with Gasteiger partial charge < -0.3 is 9.64 Å². The minimum absolute atomic E-state index is 0.0125. The number of nitrogens with one attached hydrogen (secondary N) is 1. The zero-order valence-electron chi connectivity index (χ0n) is 11.9. The van der Waals surface area contributed by atoms with E-state index in [1.54, 1.807) is 4.90 Å². The van der Waals surface area contributed by atoms with Gasteiger partial charge in [0.15, 0.2) is 0 Å². The molecule has 108 valence electrons. The van der Waals surface area contributed by atoms with Gasteiger partial charge in [0, 0.05) is 6.54 Å². The molecule has 1 fully saturated rings. The summed E-state index contributed by atoms with van der Waals surface area (Å²) in [6.07, 6.45) is 1.05. The highest BCUT2D eigenvalue weighted by atomic mass is 16.5. The van der Waals surface area contributed by atoms with Gasteiger partial charge in [0.1, 0.15) is 6.17 Å². The molecule has 0 saturated carbocycles. The van der Waals surface area contributed by atoms with Crippen molar-refractivity contribution < 1.29 is 14.3 Å². The fourth-order valence-electron chi connectivity index (χ4n) is 2.34. The summed E-state index contributed by atoms with van der Waals surface area (Å²) in [4.78, 5) is 24.8. The van der Waals surface area contributed by atoms with Gasteiger partial charge in [-0.05, 0) is 17.5 Å². The summed E-state index contributed by atoms with van der Waals surface area (Å²) in [6, 6.07) is 8.19. The molecule has 0 spiro atoms. The second kappa shape index (κ2) is 6.52. The van der Waals surface area contributed by atoms with E-state index in [1.807, 2.05) is 12.1 Å². The van der Waals surface area contributed by atoms with E-state index in [0.717, 1.165) is 12.0 Å². The number of benzene rings is 1. The first-order chi connectivity index (χ1) is 9.65. The normalized spacial score (nSPS) is 18.4. The molecule has 0 aliphatic carbocycles. The van der Waals surface area contributed by atoms with Crippen LogP contribution in [0.1, 0.15) is 30.6 Å². The van der Waals surface area contributed by atoms with Crippen LogP contribution in [-0.4, -0.2) is 37.0 Å². The second-order valence-corrected chi connectivity index (χ2v) is 4.79. The molecule has 5 nitrogen and oxygen atoms in total. The summed E-state index contributed by atoms with van der Waals surface area (Å²) >= 11 is 0. The van der Waals surface area contributed by atoms with Crippen LogP contribution in [0.15, 0.2) is 24.3 Å². The summed E-state index contributed by atoms with van der Waals surface area (Å²) in [5.41, 5.74) is 2.30. The molecule has 1 aromatic carbocycles. The van der Waals surface area contributed by atoms with E-state index in [9.17, 15) is 9.59 Å². The molecular weight excluding hydrogens is 256 g/mol. The van der Waals surface area contributed by atoms with E-state index in [4.69, 9.17) is 0 Å². The molecule has 0 bridgehead atoms. The van der Waals surface area contributed by atoms with Crippen molar-refractivity contribution in [3.63, 3.8) is 0 Å². The van der Waals surface area contributed by atoms with Crippen molar-refractivity contribution in [2.45, 2.75) is 25.9 Å². The number of hydrogen-bond donors (Lipinski definition) is 1. The van der Waals surface area contributed by atoms with E-state index in [1.165, 1.54) is 12.7 Å². The third-order valence-electron chi connectivity index (χ3n) is 3.57. The standard InChI is InChI=1S/C15H20N2O3/c1-3-11-4-6-12(7-5-11)15-16-10-13(18)17(15)9-8-14(19)20-2/h4-7,15-16H,3,8-10H2,1-2H3. The lowest BCUT2D eigenvalue weighted by Gasteiger charge is -2.24. The van der Waals surface area contributed by atoms with Crippen LogP contribution in [0.4, 0.5) is 0 Å². The molecule has 1 atom stereocenters. The molecule has 1 aliphatic rings. The molecule has 1 saturated heterocycles. The van der Waals surface area contributed by atoms with Crippen molar-refractivity contribution in [2.75, 3.05) is 20.2 Å². The second-order valence-electron chi connectivity index (χ2n) is 4.79. The molecule has 1 aromatic rings. The third kappa shape index (κ3) is 3.17. The van der Waals surface area contributed by atoms with Gasteiger partial charge in [-0.25, -0.2) is 0 Å². The van der Waals surface area contributed by atoms with Crippen LogP contribution in [0.3, 0.4) is 0 Å². The van der Waals surface area contributed by atoms with Crippen molar-refractivity contribution in [1.29, 1.82) is 0 Å². The maximum absolute atomic E-state index is 11.9. The van der Waals surface area contributed by atoms with Crippen LogP contribution < -0.4 is 5.32 Å². The molecule has 1 aliphatic heterocycles. The van der Waals surface area contributed by atoms with Crippen LogP contribution in [0.25, 0.3) is 0 Å². The van der Waals surface area contributed by atoms with Crippen molar-refractivity contribution in [3.8, 4) is 0 Å². The van der Waals surface area contributed by atoms with E-state index >= 15 is 0 Å². The minimum atomic E-state index is -0.301. The highest BCUT2D eigenvalue weighted by molar-refractivity contribution is 5.81. The van der Waals surface area contributed by atoms with Crippen molar-refractivity contribution >= 4 is 11.9 Å². The van der Waals surface area contributed by atoms with Crippen LogP contribution in [0.2, 0.25) is 0 Å². The Morgan fingerprint density at radius 1 is 1.40 bits per heavy atom. The lowest BCUT2D eigenvalue weighted by molar-refractivity contribution is -0.141. The summed E-state index contributed by atoms with van der Waals surface area (Å²) < 4.78 is 4.62. The Morgan fingerprint density at radius 3 is 2.70 bits per heavy atom. The van der Waals surface area contributed by atoms with E-state index < -0.39 is 0 Å². The number of carbonyl (C=O) groups is 2. The molecule has 1 heterocycles. The first kappa shape index (κ1) is 14.5. The number of ether oxygens (including phenoxy) is 1. The minimum Gasteiger partial charge on any atom is -0.469 e. The van der Waals surface area contributed by atoms with E-state index in [2.05, 4.69) is 29.1 Å². The Morgan fingerprint density at radius 2 is 2.10 bits per heavy atom. The molecule has 1 unspecified atom stereocenters. The van der Waals surface area contributed by atoms with Gasteiger partial charge in [-0.3, -0.25) is 14.9 Å². The van der Waals surface area contributed by atoms with Crippen molar-refractivity contribution in [2.24, 2.45) is 0 Å². The predicted octanol–water partition coefficient (Wildman–Crippen LogP) is 1.24. The Bertz CT molecular complexity index is 484. The summed E-state index contributed by atoms with van der Waals surface area (Å²) in [7, 11) is 1.35. The summed E-state index contributed by atoms with van der Waals surface area (Å²) in [6.45, 7) is 2.79. The number of nitrogens with zero attached hydrogens (tertiary/aromatic N) is 1. The number of aryl methyl sites for hydroxylation is 1. The van der Waals surface area contributed by atoms with Gasteiger partial charge >= 0.3 is 5.97 Å². The lowest BCUT2D eigenvalue weighted by Crippen LogP contribution is -2.32. The van der Waals surface area contributed by atoms with Gasteiger partial charge in [-0.2, -0.15) is 0 Å². The number of amides is 1. The monoisotopic (exact) mass is 276 g/mol. The number of rotatable bonds is 5.